The Kier molecular flexibility index (Phi) is 6.51. The molecule has 0 fully saturated rings. The van der Waals surface area contributed by atoms with Crippen LogP contribution in [0.25, 0.3) is 0 Å². The number of ether oxygens (including phenoxy) is 2. The SMILES string of the molecule is COc1ncc(Cl)cc1NC(=O)NCc1ccc(Oc2ccnc(C)c2)c(C)c1. The van der Waals surface area contributed by atoms with Gasteiger partial charge in [-0.3, -0.25) is 4.98 Å². The lowest BCUT2D eigenvalue weighted by Gasteiger charge is -2.12. The number of halogens is 1. The maximum atomic E-state index is 12.2. The lowest BCUT2D eigenvalue weighted by molar-refractivity contribution is 0.251. The van der Waals surface area contributed by atoms with Crippen molar-refractivity contribution in [3.05, 3.63) is 70.6 Å². The normalized spacial score (nSPS) is 10.3. The van der Waals surface area contributed by atoms with Gasteiger partial charge in [0.1, 0.15) is 17.2 Å². The number of benzene rings is 1. The van der Waals surface area contributed by atoms with Crippen LogP contribution in [-0.2, 0) is 6.54 Å². The van der Waals surface area contributed by atoms with E-state index in [0.29, 0.717) is 17.3 Å². The van der Waals surface area contributed by atoms with Crippen LogP contribution in [0.4, 0.5) is 10.5 Å². The number of carbonyl (C=O) groups is 1. The molecular formula is C21H21ClN4O3. The number of aromatic nitrogens is 2. The fourth-order valence-corrected chi connectivity index (χ4v) is 2.83. The zero-order valence-electron chi connectivity index (χ0n) is 16.3. The predicted molar refractivity (Wildman–Crippen MR) is 112 cm³/mol. The Morgan fingerprint density at radius 3 is 2.69 bits per heavy atom. The minimum Gasteiger partial charge on any atom is -0.480 e. The zero-order chi connectivity index (χ0) is 20.8. The molecule has 29 heavy (non-hydrogen) atoms. The van der Waals surface area contributed by atoms with Crippen molar-refractivity contribution in [2.45, 2.75) is 20.4 Å². The molecule has 3 aromatic rings. The molecule has 7 nitrogen and oxygen atoms in total. The summed E-state index contributed by atoms with van der Waals surface area (Å²) in [7, 11) is 1.47. The highest BCUT2D eigenvalue weighted by atomic mass is 35.5. The molecule has 0 saturated carbocycles. The molecule has 0 aliphatic heterocycles. The molecule has 2 amide bonds. The molecule has 2 N–H and O–H groups in total. The van der Waals surface area contributed by atoms with Crippen LogP contribution in [-0.4, -0.2) is 23.1 Å². The molecule has 0 bridgehead atoms. The molecule has 0 unspecified atom stereocenters. The topological polar surface area (TPSA) is 85.4 Å². The summed E-state index contributed by atoms with van der Waals surface area (Å²) >= 11 is 5.92. The Labute approximate surface area is 174 Å². The van der Waals surface area contributed by atoms with Gasteiger partial charge in [0.05, 0.1) is 12.1 Å². The van der Waals surface area contributed by atoms with Crippen LogP contribution in [0.5, 0.6) is 17.4 Å². The number of pyridine rings is 2. The molecule has 0 saturated heterocycles. The van der Waals surface area contributed by atoms with Crippen LogP contribution in [0.3, 0.4) is 0 Å². The molecule has 3 rings (SSSR count). The molecule has 1 aromatic carbocycles. The Bertz CT molecular complexity index is 1030. The fraction of sp³-hybridized carbons (Fsp3) is 0.190. The largest absolute Gasteiger partial charge is 0.480 e. The van der Waals surface area contributed by atoms with Crippen molar-refractivity contribution < 1.29 is 14.3 Å². The molecule has 0 atom stereocenters. The minimum absolute atomic E-state index is 0.285. The quantitative estimate of drug-likeness (QED) is 0.603. The average Bonchev–Trinajstić information content (AvgIpc) is 2.68. The van der Waals surface area contributed by atoms with E-state index in [-0.39, 0.29) is 5.88 Å². The molecule has 0 spiro atoms. The number of urea groups is 1. The van der Waals surface area contributed by atoms with Crippen molar-refractivity contribution in [3.8, 4) is 17.4 Å². The fourth-order valence-electron chi connectivity index (χ4n) is 2.67. The second-order valence-corrected chi connectivity index (χ2v) is 6.79. The van der Waals surface area contributed by atoms with Gasteiger partial charge in [0, 0.05) is 30.7 Å². The van der Waals surface area contributed by atoms with E-state index in [9.17, 15) is 4.79 Å². The molecule has 2 aromatic heterocycles. The summed E-state index contributed by atoms with van der Waals surface area (Å²) < 4.78 is 11.0. The van der Waals surface area contributed by atoms with E-state index in [1.54, 1.807) is 12.3 Å². The van der Waals surface area contributed by atoms with Crippen molar-refractivity contribution >= 4 is 23.3 Å². The number of nitrogens with zero attached hydrogens (tertiary/aromatic N) is 2. The molecule has 0 aliphatic carbocycles. The Balaban J connectivity index is 1.60. The third-order valence-corrected chi connectivity index (χ3v) is 4.25. The van der Waals surface area contributed by atoms with E-state index < -0.39 is 6.03 Å². The third kappa shape index (κ3) is 5.58. The maximum Gasteiger partial charge on any atom is 0.319 e. The van der Waals surface area contributed by atoms with Gasteiger partial charge in [0.2, 0.25) is 5.88 Å². The van der Waals surface area contributed by atoms with Crippen LogP contribution >= 0.6 is 11.6 Å². The highest BCUT2D eigenvalue weighted by Crippen LogP contribution is 2.26. The lowest BCUT2D eigenvalue weighted by atomic mass is 10.1. The predicted octanol–water partition coefficient (Wildman–Crippen LogP) is 4.87. The summed E-state index contributed by atoms with van der Waals surface area (Å²) in [4.78, 5) is 20.4. The van der Waals surface area contributed by atoms with Crippen LogP contribution in [0.15, 0.2) is 48.8 Å². The first kappa shape index (κ1) is 20.4. The summed E-state index contributed by atoms with van der Waals surface area (Å²) in [6.07, 6.45) is 3.16. The number of hydrogen-bond acceptors (Lipinski definition) is 5. The van der Waals surface area contributed by atoms with Crippen molar-refractivity contribution in [3.63, 3.8) is 0 Å². The Morgan fingerprint density at radius 1 is 1.14 bits per heavy atom. The highest BCUT2D eigenvalue weighted by Gasteiger charge is 2.10. The molecule has 2 heterocycles. The van der Waals surface area contributed by atoms with Crippen molar-refractivity contribution in [2.75, 3.05) is 12.4 Å². The second kappa shape index (κ2) is 9.25. The van der Waals surface area contributed by atoms with Gasteiger partial charge >= 0.3 is 6.03 Å². The monoisotopic (exact) mass is 412 g/mol. The molecule has 150 valence electrons. The summed E-state index contributed by atoms with van der Waals surface area (Å²) in [5.74, 6) is 1.77. The van der Waals surface area contributed by atoms with Gasteiger partial charge in [0.25, 0.3) is 0 Å². The van der Waals surface area contributed by atoms with E-state index in [0.717, 1.165) is 28.3 Å². The van der Waals surface area contributed by atoms with E-state index in [2.05, 4.69) is 20.6 Å². The zero-order valence-corrected chi connectivity index (χ0v) is 17.1. The molecule has 8 heteroatoms. The number of aryl methyl sites for hydroxylation is 2. The van der Waals surface area contributed by atoms with Crippen LogP contribution in [0.2, 0.25) is 5.02 Å². The van der Waals surface area contributed by atoms with Crippen LogP contribution < -0.4 is 20.1 Å². The van der Waals surface area contributed by atoms with Crippen LogP contribution in [0.1, 0.15) is 16.8 Å². The standard InChI is InChI=1S/C21H21ClN4O3/c1-13-8-15(4-5-19(13)29-17-6-7-23-14(2)9-17)11-25-21(27)26-18-10-16(22)12-24-20(18)28-3/h4-10,12H,11H2,1-3H3,(H2,25,26,27). The van der Waals surface area contributed by atoms with E-state index in [1.807, 2.05) is 44.2 Å². The molecular weight excluding hydrogens is 392 g/mol. The molecule has 0 radical (unpaired) electrons. The number of rotatable bonds is 6. The van der Waals surface area contributed by atoms with Gasteiger partial charge in [-0.2, -0.15) is 0 Å². The number of amides is 2. The summed E-state index contributed by atoms with van der Waals surface area (Å²) in [6.45, 7) is 4.21. The first-order valence-electron chi connectivity index (χ1n) is 8.89. The van der Waals surface area contributed by atoms with Gasteiger partial charge in [-0.1, -0.05) is 23.7 Å². The highest BCUT2D eigenvalue weighted by molar-refractivity contribution is 6.30. The number of nitrogens with one attached hydrogen (secondary N) is 2. The third-order valence-electron chi connectivity index (χ3n) is 4.05. The van der Waals surface area contributed by atoms with Crippen LogP contribution in [0, 0.1) is 13.8 Å². The van der Waals surface area contributed by atoms with Crippen molar-refractivity contribution in [2.24, 2.45) is 0 Å². The van der Waals surface area contributed by atoms with Crippen molar-refractivity contribution in [1.29, 1.82) is 0 Å². The smallest absolute Gasteiger partial charge is 0.319 e. The number of methoxy groups -OCH3 is 1. The first-order valence-corrected chi connectivity index (χ1v) is 9.27. The number of anilines is 1. The Hall–Kier alpha value is -3.32. The van der Waals surface area contributed by atoms with Gasteiger partial charge in [0.15, 0.2) is 0 Å². The van der Waals surface area contributed by atoms with Crippen molar-refractivity contribution in [1.82, 2.24) is 15.3 Å². The van der Waals surface area contributed by atoms with E-state index in [1.165, 1.54) is 13.3 Å². The Morgan fingerprint density at radius 2 is 1.97 bits per heavy atom. The van der Waals surface area contributed by atoms with Gasteiger partial charge in [-0.15, -0.1) is 0 Å². The lowest BCUT2D eigenvalue weighted by Crippen LogP contribution is -2.28. The second-order valence-electron chi connectivity index (χ2n) is 6.35. The van der Waals surface area contributed by atoms with E-state index >= 15 is 0 Å². The van der Waals surface area contributed by atoms with E-state index in [4.69, 9.17) is 21.1 Å². The molecule has 0 aliphatic rings. The average molecular weight is 413 g/mol. The van der Waals surface area contributed by atoms with Gasteiger partial charge < -0.3 is 20.1 Å². The summed E-state index contributed by atoms with van der Waals surface area (Å²) in [5.41, 5.74) is 3.18. The number of carbonyl (C=O) groups excluding carboxylic acids is 1. The summed E-state index contributed by atoms with van der Waals surface area (Å²) in [5, 5.41) is 5.88. The minimum atomic E-state index is -0.391. The van der Waals surface area contributed by atoms with Gasteiger partial charge in [-0.05, 0) is 43.2 Å². The van der Waals surface area contributed by atoms with Gasteiger partial charge in [-0.25, -0.2) is 9.78 Å². The maximum absolute atomic E-state index is 12.2. The number of hydrogen-bond donors (Lipinski definition) is 2. The first-order chi connectivity index (χ1) is 13.9. The summed E-state index contributed by atoms with van der Waals surface area (Å²) in [6, 6.07) is 10.6.